The van der Waals surface area contributed by atoms with E-state index in [0.29, 0.717) is 16.6 Å². The molecule has 0 unspecified atom stereocenters. The highest BCUT2D eigenvalue weighted by Gasteiger charge is 2.31. The van der Waals surface area contributed by atoms with E-state index < -0.39 is 0 Å². The quantitative estimate of drug-likeness (QED) is 0.891. The molecule has 0 spiro atoms. The second kappa shape index (κ2) is 6.17. The Morgan fingerprint density at radius 1 is 1.10 bits per heavy atom. The van der Waals surface area contributed by atoms with Crippen LogP contribution in [-0.4, -0.2) is 22.1 Å². The van der Waals surface area contributed by atoms with E-state index >= 15 is 0 Å². The van der Waals surface area contributed by atoms with E-state index in [0.717, 1.165) is 31.4 Å². The molecule has 1 heterocycles. The van der Waals surface area contributed by atoms with E-state index in [9.17, 15) is 4.79 Å². The third-order valence-corrected chi connectivity index (χ3v) is 4.76. The fourth-order valence-corrected chi connectivity index (χ4v) is 3.31. The molecule has 5 heteroatoms. The summed E-state index contributed by atoms with van der Waals surface area (Å²) in [6.45, 7) is 0. The lowest BCUT2D eigenvalue weighted by atomic mass is 9.96. The zero-order valence-electron chi connectivity index (χ0n) is 11.8. The second-order valence-corrected chi connectivity index (χ2v) is 6.47. The van der Waals surface area contributed by atoms with Crippen LogP contribution in [0.1, 0.15) is 79.9 Å². The summed E-state index contributed by atoms with van der Waals surface area (Å²) in [7, 11) is 0. The number of amides is 1. The number of aromatic amines is 1. The normalized spacial score (nSPS) is 21.2. The van der Waals surface area contributed by atoms with Gasteiger partial charge >= 0.3 is 0 Å². The van der Waals surface area contributed by atoms with Crippen LogP contribution < -0.4 is 5.32 Å². The van der Waals surface area contributed by atoms with Gasteiger partial charge in [-0.05, 0) is 25.7 Å². The fraction of sp³-hybridized carbons (Fsp3) is 0.733. The maximum Gasteiger partial charge on any atom is 0.273 e. The smallest absolute Gasteiger partial charge is 0.273 e. The van der Waals surface area contributed by atoms with Crippen LogP contribution in [0.15, 0.2) is 0 Å². The van der Waals surface area contributed by atoms with Crippen molar-refractivity contribution in [2.75, 3.05) is 0 Å². The van der Waals surface area contributed by atoms with Crippen molar-refractivity contribution in [3.05, 3.63) is 16.4 Å². The lowest BCUT2D eigenvalue weighted by Gasteiger charge is -2.20. The first-order chi connectivity index (χ1) is 9.75. The van der Waals surface area contributed by atoms with Crippen LogP contribution in [0.5, 0.6) is 0 Å². The minimum Gasteiger partial charge on any atom is -0.348 e. The van der Waals surface area contributed by atoms with Crippen LogP contribution in [0.4, 0.5) is 0 Å². The molecular weight excluding hydrogens is 274 g/mol. The minimum absolute atomic E-state index is 0.122. The van der Waals surface area contributed by atoms with Gasteiger partial charge in [-0.2, -0.15) is 5.10 Å². The van der Waals surface area contributed by atoms with Crippen molar-refractivity contribution in [2.45, 2.75) is 69.7 Å². The van der Waals surface area contributed by atoms with Gasteiger partial charge in [-0.1, -0.05) is 43.7 Å². The van der Waals surface area contributed by atoms with Gasteiger partial charge in [0.25, 0.3) is 5.91 Å². The van der Waals surface area contributed by atoms with Gasteiger partial charge in [0.05, 0.1) is 10.7 Å². The molecule has 0 saturated heterocycles. The van der Waals surface area contributed by atoms with E-state index in [1.807, 2.05) is 0 Å². The Morgan fingerprint density at radius 2 is 1.75 bits per heavy atom. The van der Waals surface area contributed by atoms with Gasteiger partial charge in [0, 0.05) is 12.0 Å². The Bertz CT molecular complexity index is 473. The van der Waals surface area contributed by atoms with E-state index in [1.165, 1.54) is 32.1 Å². The van der Waals surface area contributed by atoms with E-state index in [4.69, 9.17) is 11.6 Å². The summed E-state index contributed by atoms with van der Waals surface area (Å²) in [4.78, 5) is 12.3. The Hall–Kier alpha value is -1.03. The van der Waals surface area contributed by atoms with E-state index in [1.54, 1.807) is 0 Å². The molecule has 3 rings (SSSR count). The highest BCUT2D eigenvalue weighted by atomic mass is 35.5. The number of hydrogen-bond donors (Lipinski definition) is 2. The molecule has 0 aliphatic heterocycles. The first-order valence-electron chi connectivity index (χ1n) is 7.80. The summed E-state index contributed by atoms with van der Waals surface area (Å²) < 4.78 is 0. The molecule has 2 saturated carbocycles. The van der Waals surface area contributed by atoms with Crippen molar-refractivity contribution in [2.24, 2.45) is 0 Å². The zero-order chi connectivity index (χ0) is 13.9. The van der Waals surface area contributed by atoms with Gasteiger partial charge in [-0.3, -0.25) is 9.89 Å². The van der Waals surface area contributed by atoms with Crippen LogP contribution in [0.25, 0.3) is 0 Å². The number of H-pyrrole nitrogens is 1. The number of carbonyl (C=O) groups excluding carboxylic acids is 1. The van der Waals surface area contributed by atoms with Crippen LogP contribution >= 0.6 is 11.6 Å². The van der Waals surface area contributed by atoms with Crippen molar-refractivity contribution in [1.82, 2.24) is 15.5 Å². The molecule has 110 valence electrons. The first kappa shape index (κ1) is 13.9. The van der Waals surface area contributed by atoms with Crippen molar-refractivity contribution < 1.29 is 4.79 Å². The Labute approximate surface area is 124 Å². The third-order valence-electron chi connectivity index (χ3n) is 4.37. The monoisotopic (exact) mass is 295 g/mol. The summed E-state index contributed by atoms with van der Waals surface area (Å²) in [5.41, 5.74) is 1.31. The number of aromatic nitrogens is 2. The van der Waals surface area contributed by atoms with Crippen molar-refractivity contribution in [3.8, 4) is 0 Å². The van der Waals surface area contributed by atoms with Gasteiger partial charge in [0.2, 0.25) is 0 Å². The minimum atomic E-state index is -0.122. The SMILES string of the molecule is O=C(NC1CCCCCCC1)c1n[nH]c(C2CC2)c1Cl. The van der Waals surface area contributed by atoms with Gasteiger partial charge in [-0.25, -0.2) is 0 Å². The topological polar surface area (TPSA) is 57.8 Å². The number of nitrogens with one attached hydrogen (secondary N) is 2. The molecule has 1 amide bonds. The average molecular weight is 296 g/mol. The lowest BCUT2D eigenvalue weighted by molar-refractivity contribution is 0.0925. The predicted octanol–water partition coefficient (Wildman–Crippen LogP) is 3.78. The van der Waals surface area contributed by atoms with Gasteiger partial charge in [0.1, 0.15) is 0 Å². The van der Waals surface area contributed by atoms with Gasteiger partial charge < -0.3 is 5.32 Å². The molecule has 20 heavy (non-hydrogen) atoms. The number of carbonyl (C=O) groups is 1. The van der Waals surface area contributed by atoms with Crippen LogP contribution in [-0.2, 0) is 0 Å². The number of halogens is 1. The fourth-order valence-electron chi connectivity index (χ4n) is 2.99. The molecular formula is C15H22ClN3O. The van der Waals surface area contributed by atoms with Crippen LogP contribution in [0, 0.1) is 0 Å². The maximum absolute atomic E-state index is 12.3. The van der Waals surface area contributed by atoms with Crippen LogP contribution in [0.3, 0.4) is 0 Å². The molecule has 4 nitrogen and oxygen atoms in total. The zero-order valence-corrected chi connectivity index (χ0v) is 12.5. The Kier molecular flexibility index (Phi) is 4.29. The standard InChI is InChI=1S/C15H22ClN3O/c16-12-13(10-8-9-10)18-19-14(12)15(20)17-11-6-4-2-1-3-5-7-11/h10-11H,1-9H2,(H,17,20)(H,18,19). The van der Waals surface area contributed by atoms with E-state index in [2.05, 4.69) is 15.5 Å². The highest BCUT2D eigenvalue weighted by Crippen LogP contribution is 2.42. The van der Waals surface area contributed by atoms with Crippen molar-refractivity contribution >= 4 is 17.5 Å². The summed E-state index contributed by atoms with van der Waals surface area (Å²) in [5.74, 6) is 0.363. The van der Waals surface area contributed by atoms with E-state index in [-0.39, 0.29) is 11.9 Å². The molecule has 2 aliphatic carbocycles. The molecule has 0 bridgehead atoms. The average Bonchev–Trinajstić information content (AvgIpc) is 3.16. The summed E-state index contributed by atoms with van der Waals surface area (Å²) in [6, 6.07) is 0.278. The molecule has 0 atom stereocenters. The molecule has 2 fully saturated rings. The number of nitrogens with zero attached hydrogens (tertiary/aromatic N) is 1. The van der Waals surface area contributed by atoms with Crippen molar-refractivity contribution in [3.63, 3.8) is 0 Å². The molecule has 0 radical (unpaired) electrons. The molecule has 2 aliphatic rings. The molecule has 2 N–H and O–H groups in total. The summed E-state index contributed by atoms with van der Waals surface area (Å²) in [6.07, 6.45) is 10.7. The van der Waals surface area contributed by atoms with Crippen molar-refractivity contribution in [1.29, 1.82) is 0 Å². The summed E-state index contributed by atoms with van der Waals surface area (Å²) >= 11 is 6.28. The number of hydrogen-bond acceptors (Lipinski definition) is 2. The van der Waals surface area contributed by atoms with Gasteiger partial charge in [-0.15, -0.1) is 0 Å². The predicted molar refractivity (Wildman–Crippen MR) is 79.1 cm³/mol. The molecule has 1 aromatic rings. The second-order valence-electron chi connectivity index (χ2n) is 6.09. The third kappa shape index (κ3) is 3.17. The van der Waals surface area contributed by atoms with Gasteiger partial charge in [0.15, 0.2) is 5.69 Å². The highest BCUT2D eigenvalue weighted by molar-refractivity contribution is 6.34. The summed E-state index contributed by atoms with van der Waals surface area (Å²) in [5, 5.41) is 10.7. The largest absolute Gasteiger partial charge is 0.348 e. The lowest BCUT2D eigenvalue weighted by Crippen LogP contribution is -2.35. The van der Waals surface area contributed by atoms with Crippen LogP contribution in [0.2, 0.25) is 5.02 Å². The Balaban J connectivity index is 1.62. The maximum atomic E-state index is 12.3. The number of rotatable bonds is 3. The molecule has 0 aromatic carbocycles. The molecule has 1 aromatic heterocycles. The first-order valence-corrected chi connectivity index (χ1v) is 8.18. The Morgan fingerprint density at radius 3 is 2.40 bits per heavy atom.